The third kappa shape index (κ3) is 5.83. The van der Waals surface area contributed by atoms with Gasteiger partial charge in [0.25, 0.3) is 0 Å². The van der Waals surface area contributed by atoms with E-state index in [0.717, 1.165) is 31.6 Å². The number of amides is 2. The Labute approximate surface area is 186 Å². The van der Waals surface area contributed by atoms with Gasteiger partial charge < -0.3 is 15.1 Å². The zero-order valence-electron chi connectivity index (χ0n) is 16.9. The molecule has 0 spiro atoms. The summed E-state index contributed by atoms with van der Waals surface area (Å²) in [7, 11) is 0. The lowest BCUT2D eigenvalue weighted by Gasteiger charge is -2.35. The number of piperidine rings is 1. The zero-order chi connectivity index (χ0) is 21.5. The van der Waals surface area contributed by atoms with E-state index in [1.807, 2.05) is 6.92 Å². The summed E-state index contributed by atoms with van der Waals surface area (Å²) in [5.41, 5.74) is 0.474. The molecule has 2 amide bonds. The molecule has 1 N–H and O–H groups in total. The van der Waals surface area contributed by atoms with Gasteiger partial charge in [-0.2, -0.15) is 0 Å². The molecule has 1 atom stereocenters. The smallest absolute Gasteiger partial charge is 0.244 e. The number of carbonyl (C=O) groups excluding carboxylic acids is 2. The standard InChI is InChI=1S/C21H25Cl2N5O2/c1-2-9-28(14-20(29)26-18-6-5-16(22)11-17(18)23)21(30)15-4-3-10-27(13-15)19-12-24-7-8-25-19/h5-8,11-12,15H,2-4,9-10,13-14H2,1H3,(H,26,29). The Kier molecular flexibility index (Phi) is 7.87. The molecule has 2 aromatic rings. The Morgan fingerprint density at radius 3 is 2.83 bits per heavy atom. The van der Waals surface area contributed by atoms with Gasteiger partial charge in [0, 0.05) is 37.1 Å². The van der Waals surface area contributed by atoms with Gasteiger partial charge >= 0.3 is 0 Å². The SMILES string of the molecule is CCCN(CC(=O)Nc1ccc(Cl)cc1Cl)C(=O)C1CCCN(c2cnccn2)C1. The molecule has 1 saturated heterocycles. The quantitative estimate of drug-likeness (QED) is 0.693. The monoisotopic (exact) mass is 449 g/mol. The van der Waals surface area contributed by atoms with E-state index in [4.69, 9.17) is 23.2 Å². The van der Waals surface area contributed by atoms with Crippen LogP contribution in [0.2, 0.25) is 10.0 Å². The largest absolute Gasteiger partial charge is 0.355 e. The van der Waals surface area contributed by atoms with E-state index in [9.17, 15) is 9.59 Å². The summed E-state index contributed by atoms with van der Waals surface area (Å²) in [5, 5.41) is 3.62. The van der Waals surface area contributed by atoms with Crippen LogP contribution in [0.4, 0.5) is 11.5 Å². The summed E-state index contributed by atoms with van der Waals surface area (Å²) >= 11 is 12.0. The molecule has 2 heterocycles. The molecule has 0 bridgehead atoms. The topological polar surface area (TPSA) is 78.4 Å². The Morgan fingerprint density at radius 1 is 1.30 bits per heavy atom. The van der Waals surface area contributed by atoms with Crippen molar-refractivity contribution in [3.8, 4) is 0 Å². The molecule has 1 aromatic heterocycles. The van der Waals surface area contributed by atoms with Crippen LogP contribution in [-0.4, -0.2) is 52.9 Å². The van der Waals surface area contributed by atoms with Gasteiger partial charge in [-0.25, -0.2) is 4.98 Å². The normalized spacial score (nSPS) is 16.2. The highest BCUT2D eigenvalue weighted by atomic mass is 35.5. The van der Waals surface area contributed by atoms with Crippen molar-refractivity contribution >= 4 is 46.5 Å². The molecule has 9 heteroatoms. The van der Waals surface area contributed by atoms with E-state index in [2.05, 4.69) is 20.2 Å². The Bertz CT molecular complexity index is 881. The molecule has 1 aliphatic heterocycles. The molecule has 30 heavy (non-hydrogen) atoms. The second kappa shape index (κ2) is 10.6. The molecule has 1 unspecified atom stereocenters. The number of rotatable bonds is 7. The van der Waals surface area contributed by atoms with Crippen LogP contribution in [0.25, 0.3) is 0 Å². The summed E-state index contributed by atoms with van der Waals surface area (Å²) in [6, 6.07) is 4.87. The van der Waals surface area contributed by atoms with Crippen LogP contribution in [0.15, 0.2) is 36.8 Å². The Hall–Kier alpha value is -2.38. The first-order valence-corrected chi connectivity index (χ1v) is 10.8. The van der Waals surface area contributed by atoms with Crippen LogP contribution in [0.3, 0.4) is 0 Å². The van der Waals surface area contributed by atoms with Crippen LogP contribution < -0.4 is 10.2 Å². The van der Waals surface area contributed by atoms with Crippen LogP contribution in [-0.2, 0) is 9.59 Å². The van der Waals surface area contributed by atoms with Crippen molar-refractivity contribution in [2.45, 2.75) is 26.2 Å². The Morgan fingerprint density at radius 2 is 2.13 bits per heavy atom. The van der Waals surface area contributed by atoms with Gasteiger partial charge in [-0.1, -0.05) is 30.1 Å². The predicted molar refractivity (Wildman–Crippen MR) is 119 cm³/mol. The van der Waals surface area contributed by atoms with Gasteiger partial charge in [-0.15, -0.1) is 0 Å². The van der Waals surface area contributed by atoms with Gasteiger partial charge in [0.05, 0.1) is 29.4 Å². The van der Waals surface area contributed by atoms with Crippen molar-refractivity contribution < 1.29 is 9.59 Å². The lowest BCUT2D eigenvalue weighted by molar-refractivity contribution is -0.138. The summed E-state index contributed by atoms with van der Waals surface area (Å²) in [6.45, 7) is 3.89. The van der Waals surface area contributed by atoms with Crippen molar-refractivity contribution in [1.82, 2.24) is 14.9 Å². The van der Waals surface area contributed by atoms with Crippen LogP contribution in [0.1, 0.15) is 26.2 Å². The van der Waals surface area contributed by atoms with E-state index >= 15 is 0 Å². The number of halogens is 2. The fraction of sp³-hybridized carbons (Fsp3) is 0.429. The molecule has 1 aliphatic rings. The number of nitrogens with zero attached hydrogens (tertiary/aromatic N) is 4. The first-order chi connectivity index (χ1) is 14.5. The van der Waals surface area contributed by atoms with Gasteiger partial charge in [0.15, 0.2) is 0 Å². The second-order valence-electron chi connectivity index (χ2n) is 7.28. The van der Waals surface area contributed by atoms with Crippen molar-refractivity contribution in [3.05, 3.63) is 46.8 Å². The van der Waals surface area contributed by atoms with Crippen molar-refractivity contribution in [2.24, 2.45) is 5.92 Å². The van der Waals surface area contributed by atoms with Crippen LogP contribution in [0.5, 0.6) is 0 Å². The number of carbonyl (C=O) groups is 2. The molecule has 7 nitrogen and oxygen atoms in total. The number of hydrogen-bond donors (Lipinski definition) is 1. The third-order valence-corrected chi connectivity index (χ3v) is 5.54. The number of benzene rings is 1. The average Bonchev–Trinajstić information content (AvgIpc) is 2.75. The lowest BCUT2D eigenvalue weighted by Crippen LogP contribution is -2.47. The molecule has 0 radical (unpaired) electrons. The lowest BCUT2D eigenvalue weighted by atomic mass is 9.96. The molecule has 1 fully saturated rings. The van der Waals surface area contributed by atoms with E-state index in [1.54, 1.807) is 41.7 Å². The molecule has 3 rings (SSSR count). The van der Waals surface area contributed by atoms with Gasteiger partial charge in [-0.05, 0) is 37.5 Å². The third-order valence-electron chi connectivity index (χ3n) is 4.99. The fourth-order valence-corrected chi connectivity index (χ4v) is 4.05. The predicted octanol–water partition coefficient (Wildman–Crippen LogP) is 3.88. The number of aromatic nitrogens is 2. The first-order valence-electron chi connectivity index (χ1n) is 10.0. The summed E-state index contributed by atoms with van der Waals surface area (Å²) in [6.07, 6.45) is 7.43. The number of nitrogens with one attached hydrogen (secondary N) is 1. The fourth-order valence-electron chi connectivity index (χ4n) is 3.59. The summed E-state index contributed by atoms with van der Waals surface area (Å²) in [5.74, 6) is 0.289. The molecular formula is C21H25Cl2N5O2. The first kappa shape index (κ1) is 22.3. The van der Waals surface area contributed by atoms with E-state index in [-0.39, 0.29) is 24.3 Å². The number of anilines is 2. The highest BCUT2D eigenvalue weighted by Crippen LogP contribution is 2.26. The van der Waals surface area contributed by atoms with Gasteiger partial charge in [0.1, 0.15) is 5.82 Å². The minimum Gasteiger partial charge on any atom is -0.355 e. The van der Waals surface area contributed by atoms with Crippen LogP contribution in [0, 0.1) is 5.92 Å². The maximum absolute atomic E-state index is 13.2. The van der Waals surface area contributed by atoms with E-state index in [0.29, 0.717) is 28.8 Å². The minimum atomic E-state index is -0.289. The van der Waals surface area contributed by atoms with Crippen molar-refractivity contribution in [1.29, 1.82) is 0 Å². The average molecular weight is 450 g/mol. The maximum Gasteiger partial charge on any atom is 0.244 e. The Balaban J connectivity index is 1.64. The van der Waals surface area contributed by atoms with Crippen LogP contribution >= 0.6 is 23.2 Å². The zero-order valence-corrected chi connectivity index (χ0v) is 18.4. The summed E-state index contributed by atoms with van der Waals surface area (Å²) < 4.78 is 0. The van der Waals surface area contributed by atoms with E-state index < -0.39 is 0 Å². The van der Waals surface area contributed by atoms with Gasteiger partial charge in [0.2, 0.25) is 11.8 Å². The molecular weight excluding hydrogens is 425 g/mol. The van der Waals surface area contributed by atoms with Crippen molar-refractivity contribution in [2.75, 3.05) is 36.4 Å². The molecule has 160 valence electrons. The molecule has 1 aromatic carbocycles. The van der Waals surface area contributed by atoms with Gasteiger partial charge in [-0.3, -0.25) is 14.6 Å². The molecule has 0 saturated carbocycles. The second-order valence-corrected chi connectivity index (χ2v) is 8.12. The van der Waals surface area contributed by atoms with E-state index in [1.165, 1.54) is 0 Å². The summed E-state index contributed by atoms with van der Waals surface area (Å²) in [4.78, 5) is 38.0. The minimum absolute atomic E-state index is 0.0113. The number of hydrogen-bond acceptors (Lipinski definition) is 5. The highest BCUT2D eigenvalue weighted by molar-refractivity contribution is 6.36. The molecule has 0 aliphatic carbocycles. The van der Waals surface area contributed by atoms with Crippen molar-refractivity contribution in [3.63, 3.8) is 0 Å². The highest BCUT2D eigenvalue weighted by Gasteiger charge is 2.30. The maximum atomic E-state index is 13.2.